The molecular formula is C17H22ClN3O3S. The van der Waals surface area contributed by atoms with Crippen molar-refractivity contribution >= 4 is 29.3 Å². The lowest BCUT2D eigenvalue weighted by Crippen LogP contribution is -2.29. The molecule has 2 unspecified atom stereocenters. The van der Waals surface area contributed by atoms with Gasteiger partial charge in [-0.25, -0.2) is 4.79 Å². The molecule has 0 fully saturated rings. The fourth-order valence-electron chi connectivity index (χ4n) is 2.35. The second-order valence-electron chi connectivity index (χ2n) is 5.67. The van der Waals surface area contributed by atoms with Crippen molar-refractivity contribution in [2.45, 2.75) is 31.7 Å². The highest BCUT2D eigenvalue weighted by Gasteiger charge is 2.25. The van der Waals surface area contributed by atoms with Crippen molar-refractivity contribution in [3.05, 3.63) is 46.6 Å². The molecule has 0 bridgehead atoms. The summed E-state index contributed by atoms with van der Waals surface area (Å²) in [5.41, 5.74) is 0.765. The van der Waals surface area contributed by atoms with Crippen molar-refractivity contribution < 1.29 is 14.1 Å². The third-order valence-corrected chi connectivity index (χ3v) is 4.79. The minimum atomic E-state index is -0.560. The first kappa shape index (κ1) is 19.8. The Balaban J connectivity index is 2.02. The summed E-state index contributed by atoms with van der Waals surface area (Å²) in [7, 11) is 3.61. The van der Waals surface area contributed by atoms with E-state index in [0.29, 0.717) is 10.8 Å². The maximum absolute atomic E-state index is 12.5. The van der Waals surface area contributed by atoms with E-state index in [2.05, 4.69) is 17.1 Å². The number of hydrogen-bond donors (Lipinski definition) is 0. The monoisotopic (exact) mass is 383 g/mol. The van der Waals surface area contributed by atoms with E-state index >= 15 is 0 Å². The molecule has 0 N–H and O–H groups in total. The number of aromatic nitrogens is 2. The van der Waals surface area contributed by atoms with Gasteiger partial charge in [0.1, 0.15) is 6.04 Å². The lowest BCUT2D eigenvalue weighted by molar-refractivity contribution is -0.151. The largest absolute Gasteiger partial charge is 0.454 e. The minimum Gasteiger partial charge on any atom is -0.454 e. The first-order chi connectivity index (χ1) is 11.9. The summed E-state index contributed by atoms with van der Waals surface area (Å²) in [5, 5.41) is 4.64. The molecule has 2 aromatic rings. The summed E-state index contributed by atoms with van der Waals surface area (Å²) in [5.74, 6) is 1.46. The number of likely N-dealkylation sites (N-methyl/N-ethyl adjacent to an activating group) is 1. The molecule has 6 nitrogen and oxygen atoms in total. The van der Waals surface area contributed by atoms with Crippen molar-refractivity contribution in [2.75, 3.05) is 19.8 Å². The lowest BCUT2D eigenvalue weighted by atomic mass is 10.1. The first-order valence-electron chi connectivity index (χ1n) is 7.95. The summed E-state index contributed by atoms with van der Waals surface area (Å²) >= 11 is 7.74. The Bertz CT molecular complexity index is 708. The highest BCUT2D eigenvalue weighted by Crippen LogP contribution is 2.26. The second kappa shape index (κ2) is 9.22. The number of thioether (sulfide) groups is 1. The molecule has 0 saturated heterocycles. The van der Waals surface area contributed by atoms with Gasteiger partial charge in [0.15, 0.2) is 12.4 Å². The number of hydrogen-bond acceptors (Lipinski definition) is 7. The summed E-state index contributed by atoms with van der Waals surface area (Å²) in [6.07, 6.45) is 0. The smallest absolute Gasteiger partial charge is 0.328 e. The van der Waals surface area contributed by atoms with Gasteiger partial charge in [-0.05, 0) is 44.5 Å². The van der Waals surface area contributed by atoms with Gasteiger partial charge < -0.3 is 9.26 Å². The minimum absolute atomic E-state index is 0.0553. The number of carbonyl (C=O) groups excluding carboxylic acids is 1. The highest BCUT2D eigenvalue weighted by molar-refractivity contribution is 7.99. The predicted molar refractivity (Wildman–Crippen MR) is 98.5 cm³/mol. The fourth-order valence-corrected chi connectivity index (χ4v) is 3.29. The van der Waals surface area contributed by atoms with Crippen LogP contribution in [0.5, 0.6) is 0 Å². The van der Waals surface area contributed by atoms with Gasteiger partial charge in [-0.15, -0.1) is 0 Å². The fraction of sp³-hybridized carbons (Fsp3) is 0.471. The number of esters is 1. The highest BCUT2D eigenvalue weighted by atomic mass is 35.5. The van der Waals surface area contributed by atoms with E-state index in [0.717, 1.165) is 11.3 Å². The maximum atomic E-state index is 12.5. The topological polar surface area (TPSA) is 68.5 Å². The number of carbonyl (C=O) groups is 1. The van der Waals surface area contributed by atoms with Gasteiger partial charge in [-0.1, -0.05) is 35.8 Å². The average Bonchev–Trinajstić information content (AvgIpc) is 3.02. The number of ether oxygens (including phenoxy) is 1. The maximum Gasteiger partial charge on any atom is 0.328 e. The summed E-state index contributed by atoms with van der Waals surface area (Å²) in [6.45, 7) is 4.03. The van der Waals surface area contributed by atoms with Crippen LogP contribution in [0.3, 0.4) is 0 Å². The quantitative estimate of drug-likeness (QED) is 0.640. The molecule has 1 aromatic carbocycles. The Kier molecular flexibility index (Phi) is 7.28. The summed E-state index contributed by atoms with van der Waals surface area (Å²) < 4.78 is 10.5. The van der Waals surface area contributed by atoms with E-state index < -0.39 is 12.0 Å². The third-order valence-electron chi connectivity index (χ3n) is 3.51. The standard InChI is InChI=1S/C17H22ClN3O3S/c1-5-25-11(2)16-19-14(24-20-16)10-23-17(22)15(21(3)4)12-7-6-8-13(18)9-12/h6-9,11,15H,5,10H2,1-4H3. The van der Waals surface area contributed by atoms with Gasteiger partial charge in [0.2, 0.25) is 0 Å². The summed E-state index contributed by atoms with van der Waals surface area (Å²) in [4.78, 5) is 18.6. The molecule has 1 aromatic heterocycles. The SMILES string of the molecule is CCSC(C)c1noc(COC(=O)C(c2cccc(Cl)c2)N(C)C)n1. The van der Waals surface area contributed by atoms with Gasteiger partial charge in [0, 0.05) is 5.02 Å². The molecule has 0 aliphatic rings. The Labute approximate surface area is 156 Å². The Morgan fingerprint density at radius 1 is 1.44 bits per heavy atom. The molecule has 136 valence electrons. The average molecular weight is 384 g/mol. The zero-order valence-corrected chi connectivity index (χ0v) is 16.3. The van der Waals surface area contributed by atoms with Crippen LogP contribution in [-0.2, 0) is 16.1 Å². The summed E-state index contributed by atoms with van der Waals surface area (Å²) in [6, 6.07) is 6.60. The van der Waals surface area contributed by atoms with E-state index in [4.69, 9.17) is 20.9 Å². The van der Waals surface area contributed by atoms with Crippen LogP contribution in [-0.4, -0.2) is 40.9 Å². The Hall–Kier alpha value is -1.57. The van der Waals surface area contributed by atoms with Crippen LogP contribution < -0.4 is 0 Å². The molecule has 0 radical (unpaired) electrons. The molecule has 0 spiro atoms. The zero-order chi connectivity index (χ0) is 18.4. The van der Waals surface area contributed by atoms with Crippen molar-refractivity contribution in [2.24, 2.45) is 0 Å². The second-order valence-corrected chi connectivity index (χ2v) is 7.73. The van der Waals surface area contributed by atoms with Crippen LogP contribution in [0, 0.1) is 0 Å². The number of nitrogens with zero attached hydrogens (tertiary/aromatic N) is 3. The molecule has 8 heteroatoms. The van der Waals surface area contributed by atoms with Crippen molar-refractivity contribution in [1.29, 1.82) is 0 Å². The molecule has 2 atom stereocenters. The number of rotatable bonds is 8. The van der Waals surface area contributed by atoms with Gasteiger partial charge in [-0.2, -0.15) is 16.7 Å². The number of halogens is 1. The first-order valence-corrected chi connectivity index (χ1v) is 9.37. The lowest BCUT2D eigenvalue weighted by Gasteiger charge is -2.22. The van der Waals surface area contributed by atoms with Crippen LogP contribution in [0.2, 0.25) is 5.02 Å². The van der Waals surface area contributed by atoms with Crippen LogP contribution >= 0.6 is 23.4 Å². The van der Waals surface area contributed by atoms with Crippen LogP contribution in [0.1, 0.15) is 42.4 Å². The Morgan fingerprint density at radius 3 is 2.84 bits per heavy atom. The van der Waals surface area contributed by atoms with E-state index in [-0.39, 0.29) is 17.7 Å². The number of benzene rings is 1. The molecule has 2 rings (SSSR count). The van der Waals surface area contributed by atoms with Crippen LogP contribution in [0.15, 0.2) is 28.8 Å². The van der Waals surface area contributed by atoms with E-state index in [1.807, 2.05) is 13.0 Å². The molecule has 1 heterocycles. The molecular weight excluding hydrogens is 362 g/mol. The molecule has 0 amide bonds. The molecule has 0 saturated carbocycles. The molecule has 0 aliphatic heterocycles. The van der Waals surface area contributed by atoms with Gasteiger partial charge >= 0.3 is 5.97 Å². The van der Waals surface area contributed by atoms with Crippen molar-refractivity contribution in [3.8, 4) is 0 Å². The van der Waals surface area contributed by atoms with E-state index in [9.17, 15) is 4.79 Å². The van der Waals surface area contributed by atoms with E-state index in [1.165, 1.54) is 0 Å². The molecule has 0 aliphatic carbocycles. The van der Waals surface area contributed by atoms with Crippen molar-refractivity contribution in [1.82, 2.24) is 15.0 Å². The van der Waals surface area contributed by atoms with Gasteiger partial charge in [0.25, 0.3) is 5.89 Å². The predicted octanol–water partition coefficient (Wildman–Crippen LogP) is 3.88. The van der Waals surface area contributed by atoms with Crippen LogP contribution in [0.4, 0.5) is 0 Å². The van der Waals surface area contributed by atoms with Crippen LogP contribution in [0.25, 0.3) is 0 Å². The van der Waals surface area contributed by atoms with Crippen molar-refractivity contribution in [3.63, 3.8) is 0 Å². The normalized spacial score (nSPS) is 13.7. The van der Waals surface area contributed by atoms with Gasteiger partial charge in [0.05, 0.1) is 5.25 Å². The third kappa shape index (κ3) is 5.45. The molecule has 25 heavy (non-hydrogen) atoms. The zero-order valence-electron chi connectivity index (χ0n) is 14.7. The van der Waals surface area contributed by atoms with E-state index in [1.54, 1.807) is 49.0 Å². The van der Waals surface area contributed by atoms with Gasteiger partial charge in [-0.3, -0.25) is 4.90 Å². The Morgan fingerprint density at radius 2 is 2.20 bits per heavy atom.